The number of fused-ring (bicyclic) bond motifs is 1. The fourth-order valence-electron chi connectivity index (χ4n) is 7.96. The first kappa shape index (κ1) is 49.3. The van der Waals surface area contributed by atoms with Crippen molar-refractivity contribution < 1.29 is 57.6 Å². The number of aliphatic carboxylic acids is 1. The third kappa shape index (κ3) is 16.5. The van der Waals surface area contributed by atoms with E-state index >= 15 is 0 Å². The summed E-state index contributed by atoms with van der Waals surface area (Å²) in [6.45, 7) is 9.06. The fraction of sp³-hybridized carbons (Fsp3) is 0.727. The minimum atomic E-state index is -0.942. The van der Waals surface area contributed by atoms with Crippen molar-refractivity contribution in [3.63, 3.8) is 0 Å². The van der Waals surface area contributed by atoms with E-state index in [0.29, 0.717) is 33.0 Å². The number of ether oxygens (including phenoxy) is 5. The molecule has 1 aliphatic heterocycles. The van der Waals surface area contributed by atoms with Gasteiger partial charge >= 0.3 is 12.1 Å². The highest BCUT2D eigenvalue weighted by Gasteiger charge is 2.45. The molecule has 4 N–H and O–H groups in total. The maximum absolute atomic E-state index is 14.8. The molecule has 17 heteroatoms. The number of nitrogens with zero attached hydrogens (tertiary/aromatic N) is 2. The summed E-state index contributed by atoms with van der Waals surface area (Å²) in [5.41, 5.74) is 1.49. The maximum Gasteiger partial charge on any atom is 0.410 e. The Hall–Kier alpha value is -4.32. The van der Waals surface area contributed by atoms with Crippen molar-refractivity contribution in [1.82, 2.24) is 25.8 Å². The molecule has 4 rings (SSSR count). The number of benzene rings is 1. The highest BCUT2D eigenvalue weighted by atomic mass is 16.6. The van der Waals surface area contributed by atoms with Gasteiger partial charge in [0.05, 0.1) is 65.3 Å². The highest BCUT2D eigenvalue weighted by Crippen LogP contribution is 2.32. The van der Waals surface area contributed by atoms with E-state index < -0.39 is 47.7 Å². The number of amides is 5. The Bertz CT molecular complexity index is 1600. The van der Waals surface area contributed by atoms with Gasteiger partial charge in [-0.15, -0.1) is 0 Å². The molecule has 3 aliphatic rings. The number of hydrogen-bond donors (Lipinski definition) is 4. The average Bonchev–Trinajstić information content (AvgIpc) is 3.65. The molecule has 342 valence electrons. The van der Waals surface area contributed by atoms with Crippen molar-refractivity contribution in [3.05, 3.63) is 35.4 Å². The molecule has 5 atom stereocenters. The quantitative estimate of drug-likeness (QED) is 0.117. The number of carboxylic acids is 1. The molecular formula is C44H69N5O12. The van der Waals surface area contributed by atoms with Crippen LogP contribution in [0.5, 0.6) is 0 Å². The molecule has 5 amide bonds. The molecular weight excluding hydrogens is 791 g/mol. The van der Waals surface area contributed by atoms with Gasteiger partial charge in [0.25, 0.3) is 0 Å². The zero-order chi connectivity index (χ0) is 44.4. The lowest BCUT2D eigenvalue weighted by Gasteiger charge is -2.36. The molecule has 1 aromatic rings. The molecule has 2 fully saturated rings. The van der Waals surface area contributed by atoms with Crippen LogP contribution in [-0.2, 0) is 54.1 Å². The molecule has 1 saturated heterocycles. The molecule has 0 spiro atoms. The largest absolute Gasteiger partial charge is 0.481 e. The molecule has 0 bridgehead atoms. The van der Waals surface area contributed by atoms with E-state index in [9.17, 15) is 28.8 Å². The van der Waals surface area contributed by atoms with E-state index in [0.717, 1.165) is 56.9 Å². The van der Waals surface area contributed by atoms with Gasteiger partial charge in [0.15, 0.2) is 0 Å². The summed E-state index contributed by atoms with van der Waals surface area (Å²) in [5.74, 6) is -2.56. The summed E-state index contributed by atoms with van der Waals surface area (Å²) in [5, 5.41) is 17.8. The summed E-state index contributed by atoms with van der Waals surface area (Å²) in [6, 6.07) is 4.55. The maximum atomic E-state index is 14.8. The first-order valence-corrected chi connectivity index (χ1v) is 21.9. The van der Waals surface area contributed by atoms with Gasteiger partial charge in [-0.3, -0.25) is 28.9 Å². The van der Waals surface area contributed by atoms with Crippen LogP contribution in [-0.4, -0.2) is 147 Å². The van der Waals surface area contributed by atoms with Gasteiger partial charge in [0, 0.05) is 26.1 Å². The van der Waals surface area contributed by atoms with Crippen molar-refractivity contribution in [2.45, 2.75) is 134 Å². The SMILES string of the molecule is C[C@@H](C(=O)N[C@H](C(=O)N1C[C@@H](NC(=O)CCOCCOCCOCCOCCC(=O)O)C[C@H]1C(=O)N[C@@H]1CCCc2ccccc21)C1CCCCC1)N(C)C(=O)OC(C)(C)C. The summed E-state index contributed by atoms with van der Waals surface area (Å²) >= 11 is 0. The second-order valence-corrected chi connectivity index (χ2v) is 17.2. The number of hydrogen-bond acceptors (Lipinski definition) is 11. The van der Waals surface area contributed by atoms with Gasteiger partial charge in [0.2, 0.25) is 23.6 Å². The van der Waals surface area contributed by atoms with Crippen LogP contribution in [0.1, 0.15) is 109 Å². The standard InChI is InChI=1S/C44H69N5O12/c1-30(48(5)43(56)61-44(2,3)4)40(53)47-39(32-13-7-6-8-14-32)42(55)49-29-33(28-36(49)41(54)46-35-17-11-15-31-12-9-10-16-34(31)35)45-37(50)18-20-57-22-24-59-26-27-60-25-23-58-21-19-38(51)52/h9-10,12,16,30,32-33,35-36,39H,6-8,11,13-15,17-29H2,1-5H3,(H,45,50)(H,46,54)(H,47,53)(H,51,52)/t30-,33-,35+,36-,39-/m0/s1. The molecule has 2 aliphatic carbocycles. The van der Waals surface area contributed by atoms with E-state index in [4.69, 9.17) is 28.8 Å². The lowest BCUT2D eigenvalue weighted by molar-refractivity contribution is -0.143. The normalized spacial score (nSPS) is 20.2. The van der Waals surface area contributed by atoms with Crippen molar-refractivity contribution in [2.24, 2.45) is 5.92 Å². The number of carbonyl (C=O) groups is 6. The Balaban J connectivity index is 1.36. The Labute approximate surface area is 360 Å². The van der Waals surface area contributed by atoms with Crippen LogP contribution in [0.2, 0.25) is 0 Å². The van der Waals surface area contributed by atoms with E-state index in [1.807, 2.05) is 18.2 Å². The molecule has 17 nitrogen and oxygen atoms in total. The zero-order valence-electron chi connectivity index (χ0n) is 36.7. The molecule has 1 saturated carbocycles. The number of rotatable bonds is 23. The predicted octanol–water partition coefficient (Wildman–Crippen LogP) is 3.52. The van der Waals surface area contributed by atoms with E-state index in [1.54, 1.807) is 27.7 Å². The summed E-state index contributed by atoms with van der Waals surface area (Å²) in [7, 11) is 1.49. The number of carbonyl (C=O) groups excluding carboxylic acids is 5. The van der Waals surface area contributed by atoms with E-state index in [2.05, 4.69) is 22.0 Å². The van der Waals surface area contributed by atoms with Crippen molar-refractivity contribution in [3.8, 4) is 0 Å². The second kappa shape index (κ2) is 25.0. The molecule has 0 aromatic heterocycles. The van der Waals surface area contributed by atoms with E-state index in [1.165, 1.54) is 22.4 Å². The van der Waals surface area contributed by atoms with Gasteiger partial charge in [-0.05, 0) is 83.3 Å². The zero-order valence-corrected chi connectivity index (χ0v) is 36.7. The van der Waals surface area contributed by atoms with Crippen LogP contribution in [0, 0.1) is 5.92 Å². The van der Waals surface area contributed by atoms with Crippen LogP contribution in [0.15, 0.2) is 24.3 Å². The molecule has 0 radical (unpaired) electrons. The summed E-state index contributed by atoms with van der Waals surface area (Å²) in [6.07, 6.45) is 6.43. The highest BCUT2D eigenvalue weighted by molar-refractivity contribution is 5.94. The Morgan fingerprint density at radius 2 is 1.43 bits per heavy atom. The Morgan fingerprint density at radius 1 is 0.820 bits per heavy atom. The minimum absolute atomic E-state index is 0.0524. The van der Waals surface area contributed by atoms with Gasteiger partial charge < -0.3 is 49.6 Å². The number of nitrogens with one attached hydrogen (secondary N) is 3. The van der Waals surface area contributed by atoms with Crippen molar-refractivity contribution >= 4 is 35.7 Å². The minimum Gasteiger partial charge on any atom is -0.481 e. The summed E-state index contributed by atoms with van der Waals surface area (Å²) < 4.78 is 27.1. The van der Waals surface area contributed by atoms with Crippen molar-refractivity contribution in [2.75, 3.05) is 66.4 Å². The lowest BCUT2D eigenvalue weighted by Crippen LogP contribution is -2.59. The van der Waals surface area contributed by atoms with Crippen LogP contribution in [0.25, 0.3) is 0 Å². The topological polar surface area (TPSA) is 211 Å². The second-order valence-electron chi connectivity index (χ2n) is 17.2. The molecule has 1 heterocycles. The third-order valence-corrected chi connectivity index (χ3v) is 11.3. The molecule has 1 aromatic carbocycles. The third-order valence-electron chi connectivity index (χ3n) is 11.3. The van der Waals surface area contributed by atoms with Gasteiger partial charge in [-0.1, -0.05) is 43.5 Å². The average molecular weight is 860 g/mol. The number of likely N-dealkylation sites (N-methyl/N-ethyl adjacent to an activating group) is 1. The van der Waals surface area contributed by atoms with Crippen LogP contribution in [0.4, 0.5) is 4.79 Å². The molecule has 61 heavy (non-hydrogen) atoms. The first-order valence-electron chi connectivity index (χ1n) is 21.9. The smallest absolute Gasteiger partial charge is 0.410 e. The Kier molecular flexibility index (Phi) is 20.2. The van der Waals surface area contributed by atoms with Crippen LogP contribution >= 0.6 is 0 Å². The molecule has 0 unspecified atom stereocenters. The van der Waals surface area contributed by atoms with Crippen LogP contribution < -0.4 is 16.0 Å². The fourth-order valence-corrected chi connectivity index (χ4v) is 7.96. The van der Waals surface area contributed by atoms with Gasteiger partial charge in [0.1, 0.15) is 23.7 Å². The summed E-state index contributed by atoms with van der Waals surface area (Å²) in [4.78, 5) is 82.2. The number of aryl methyl sites for hydroxylation is 1. The first-order chi connectivity index (χ1) is 29.1. The monoisotopic (exact) mass is 859 g/mol. The van der Waals surface area contributed by atoms with Crippen molar-refractivity contribution in [1.29, 1.82) is 0 Å². The van der Waals surface area contributed by atoms with Crippen LogP contribution in [0.3, 0.4) is 0 Å². The Morgan fingerprint density at radius 3 is 2.05 bits per heavy atom. The lowest BCUT2D eigenvalue weighted by atomic mass is 9.83. The van der Waals surface area contributed by atoms with E-state index in [-0.39, 0.29) is 75.3 Å². The predicted molar refractivity (Wildman–Crippen MR) is 224 cm³/mol. The van der Waals surface area contributed by atoms with Gasteiger partial charge in [-0.25, -0.2) is 4.79 Å². The van der Waals surface area contributed by atoms with Gasteiger partial charge in [-0.2, -0.15) is 0 Å². The number of likely N-dealkylation sites (tertiary alicyclic amines) is 1. The number of carboxylic acid groups (broad SMARTS) is 1.